The molecular weight excluding hydrogens is 326 g/mol. The van der Waals surface area contributed by atoms with E-state index < -0.39 is 5.60 Å². The van der Waals surface area contributed by atoms with Crippen LogP contribution in [0, 0.1) is 6.92 Å². The Labute approximate surface area is 143 Å². The molecule has 2 aliphatic rings. The summed E-state index contributed by atoms with van der Waals surface area (Å²) in [6, 6.07) is 7.32. The Balaban J connectivity index is 1.59. The molecule has 1 aromatic carbocycles. The second-order valence-corrected chi connectivity index (χ2v) is 7.11. The summed E-state index contributed by atoms with van der Waals surface area (Å²) in [5, 5.41) is 0.395. The number of carbonyl (C=O) groups is 2. The maximum absolute atomic E-state index is 12.7. The molecule has 0 N–H and O–H groups in total. The third-order valence-corrected chi connectivity index (χ3v) is 5.33. The summed E-state index contributed by atoms with van der Waals surface area (Å²) in [4.78, 5) is 31.1. The lowest BCUT2D eigenvalue weighted by atomic mass is 9.83. The van der Waals surface area contributed by atoms with Gasteiger partial charge in [0, 0.05) is 6.54 Å². The number of rotatable bonds is 1. The normalized spacial score (nSPS) is 23.0. The van der Waals surface area contributed by atoms with Gasteiger partial charge in [0.1, 0.15) is 17.2 Å². The van der Waals surface area contributed by atoms with Crippen molar-refractivity contribution in [3.05, 3.63) is 40.7 Å². The van der Waals surface area contributed by atoms with Gasteiger partial charge in [0.25, 0.3) is 5.91 Å². The van der Waals surface area contributed by atoms with Crippen LogP contribution in [0.15, 0.2) is 24.3 Å². The number of hydrogen-bond donors (Lipinski definition) is 0. The number of fused-ring (bicyclic) bond motifs is 1. The van der Waals surface area contributed by atoms with Gasteiger partial charge in [-0.1, -0.05) is 12.1 Å². The van der Waals surface area contributed by atoms with Crippen LogP contribution in [0.3, 0.4) is 0 Å². The van der Waals surface area contributed by atoms with E-state index in [1.165, 1.54) is 0 Å². The summed E-state index contributed by atoms with van der Waals surface area (Å²) in [5.41, 5.74) is 0.00494. The van der Waals surface area contributed by atoms with Crippen molar-refractivity contribution in [2.75, 3.05) is 13.1 Å². The number of ether oxygens (including phenoxy) is 1. The third-order valence-electron chi connectivity index (χ3n) is 4.53. The molecule has 1 aromatic heterocycles. The highest BCUT2D eigenvalue weighted by molar-refractivity contribution is 7.07. The molecule has 1 fully saturated rings. The molecule has 0 bridgehead atoms. The maximum Gasteiger partial charge on any atom is 0.284 e. The highest BCUT2D eigenvalue weighted by Gasteiger charge is 2.45. The van der Waals surface area contributed by atoms with Crippen molar-refractivity contribution in [2.24, 2.45) is 0 Å². The highest BCUT2D eigenvalue weighted by atomic mass is 32.1. The van der Waals surface area contributed by atoms with Crippen molar-refractivity contribution in [3.8, 4) is 5.75 Å². The molecule has 2 aliphatic heterocycles. The van der Waals surface area contributed by atoms with Crippen LogP contribution in [0.5, 0.6) is 5.75 Å². The first-order chi connectivity index (χ1) is 11.6. The molecular formula is C17H17N3O3S. The van der Waals surface area contributed by atoms with Gasteiger partial charge in [-0.3, -0.25) is 9.59 Å². The summed E-state index contributed by atoms with van der Waals surface area (Å²) in [5.74, 6) is 1.18. The number of Topliss-reactive ketones (excluding diaryl/α,β-unsaturated/α-hetero) is 1. The molecule has 1 unspecified atom stereocenters. The maximum atomic E-state index is 12.7. The van der Waals surface area contributed by atoms with Crippen LogP contribution in [0.4, 0.5) is 0 Å². The smallest absolute Gasteiger partial charge is 0.284 e. The molecule has 0 saturated carbocycles. The summed E-state index contributed by atoms with van der Waals surface area (Å²) < 4.78 is 10.3. The number of nitrogens with zero attached hydrogens (tertiary/aromatic N) is 3. The molecule has 6 nitrogen and oxygen atoms in total. The molecule has 7 heteroatoms. The Morgan fingerprint density at radius 1 is 1.38 bits per heavy atom. The SMILES string of the molecule is Cc1nsc(C(=O)N2CCCC3(CC(=O)c4ccccc4O3)C2)n1. The topological polar surface area (TPSA) is 72.4 Å². The molecule has 0 radical (unpaired) electrons. The van der Waals surface area contributed by atoms with E-state index in [-0.39, 0.29) is 11.7 Å². The van der Waals surface area contributed by atoms with Crippen LogP contribution in [0.1, 0.15) is 45.2 Å². The fourth-order valence-electron chi connectivity index (χ4n) is 3.46. The number of para-hydroxylation sites is 1. The molecule has 1 amide bonds. The van der Waals surface area contributed by atoms with Crippen molar-refractivity contribution in [1.29, 1.82) is 0 Å². The van der Waals surface area contributed by atoms with E-state index in [1.54, 1.807) is 17.9 Å². The summed E-state index contributed by atoms with van der Waals surface area (Å²) in [7, 11) is 0. The van der Waals surface area contributed by atoms with Crippen LogP contribution < -0.4 is 4.74 Å². The van der Waals surface area contributed by atoms with Crippen LogP contribution in [-0.2, 0) is 0 Å². The lowest BCUT2D eigenvalue weighted by molar-refractivity contribution is -0.0135. The quantitative estimate of drug-likeness (QED) is 0.795. The molecule has 2 aromatic rings. The van der Waals surface area contributed by atoms with Crippen molar-refractivity contribution in [2.45, 2.75) is 31.8 Å². The monoisotopic (exact) mass is 343 g/mol. The van der Waals surface area contributed by atoms with Crippen molar-refractivity contribution in [1.82, 2.24) is 14.3 Å². The second kappa shape index (κ2) is 5.66. The van der Waals surface area contributed by atoms with E-state index in [2.05, 4.69) is 9.36 Å². The van der Waals surface area contributed by atoms with Gasteiger partial charge in [0.15, 0.2) is 5.78 Å². The number of amides is 1. The summed E-state index contributed by atoms with van der Waals surface area (Å²) in [6.45, 7) is 2.83. The molecule has 1 saturated heterocycles. The van der Waals surface area contributed by atoms with E-state index in [1.807, 2.05) is 18.2 Å². The fourth-order valence-corrected chi connectivity index (χ4v) is 4.10. The van der Waals surface area contributed by atoms with Crippen molar-refractivity contribution in [3.63, 3.8) is 0 Å². The zero-order chi connectivity index (χ0) is 16.7. The lowest BCUT2D eigenvalue weighted by Crippen LogP contribution is -2.55. The van der Waals surface area contributed by atoms with E-state index in [4.69, 9.17) is 4.74 Å². The second-order valence-electron chi connectivity index (χ2n) is 6.36. The number of hydrogen-bond acceptors (Lipinski definition) is 6. The fraction of sp³-hybridized carbons (Fsp3) is 0.412. The zero-order valence-corrected chi connectivity index (χ0v) is 14.1. The Hall–Kier alpha value is -2.28. The summed E-state index contributed by atoms with van der Waals surface area (Å²) in [6.07, 6.45) is 1.88. The average Bonchev–Trinajstić information content (AvgIpc) is 3.00. The Kier molecular flexibility index (Phi) is 3.60. The van der Waals surface area contributed by atoms with E-state index in [0.717, 1.165) is 24.4 Å². The minimum atomic E-state index is -0.626. The van der Waals surface area contributed by atoms with Gasteiger partial charge in [-0.25, -0.2) is 4.98 Å². The minimum absolute atomic E-state index is 0.0814. The van der Waals surface area contributed by atoms with Crippen LogP contribution in [0.25, 0.3) is 0 Å². The Morgan fingerprint density at radius 3 is 3.00 bits per heavy atom. The van der Waals surface area contributed by atoms with Gasteiger partial charge in [-0.15, -0.1) is 0 Å². The van der Waals surface area contributed by atoms with Gasteiger partial charge in [-0.05, 0) is 43.4 Å². The highest BCUT2D eigenvalue weighted by Crippen LogP contribution is 2.38. The largest absolute Gasteiger partial charge is 0.484 e. The average molecular weight is 343 g/mol. The Bertz CT molecular complexity index is 819. The number of benzene rings is 1. The van der Waals surface area contributed by atoms with Gasteiger partial charge in [0.2, 0.25) is 5.01 Å². The van der Waals surface area contributed by atoms with Gasteiger partial charge >= 0.3 is 0 Å². The van der Waals surface area contributed by atoms with E-state index in [9.17, 15) is 9.59 Å². The molecule has 0 aliphatic carbocycles. The molecule has 1 atom stereocenters. The zero-order valence-electron chi connectivity index (χ0n) is 13.3. The first-order valence-corrected chi connectivity index (χ1v) is 8.75. The first-order valence-electron chi connectivity index (χ1n) is 7.97. The van der Waals surface area contributed by atoms with Crippen LogP contribution in [0.2, 0.25) is 0 Å². The van der Waals surface area contributed by atoms with E-state index in [0.29, 0.717) is 41.7 Å². The molecule has 124 valence electrons. The van der Waals surface area contributed by atoms with Crippen molar-refractivity contribution < 1.29 is 14.3 Å². The Morgan fingerprint density at radius 2 is 2.21 bits per heavy atom. The lowest BCUT2D eigenvalue weighted by Gasteiger charge is -2.44. The van der Waals surface area contributed by atoms with Gasteiger partial charge in [0.05, 0.1) is 18.5 Å². The predicted octanol–water partition coefficient (Wildman–Crippen LogP) is 2.49. The minimum Gasteiger partial charge on any atom is -0.484 e. The standard InChI is InChI=1S/C17H17N3O3S/c1-11-18-15(24-19-11)16(22)20-8-4-7-17(10-20)9-13(21)12-5-2-3-6-14(12)23-17/h2-3,5-6H,4,7-10H2,1H3. The van der Waals surface area contributed by atoms with E-state index >= 15 is 0 Å². The van der Waals surface area contributed by atoms with Crippen molar-refractivity contribution >= 4 is 23.2 Å². The molecule has 1 spiro atoms. The number of aromatic nitrogens is 2. The first kappa shape index (κ1) is 15.3. The number of carbonyl (C=O) groups excluding carboxylic acids is 2. The number of piperidine rings is 1. The predicted molar refractivity (Wildman–Crippen MR) is 88.5 cm³/mol. The molecule has 4 rings (SSSR count). The number of ketones is 1. The number of aryl methyl sites for hydroxylation is 1. The molecule has 24 heavy (non-hydrogen) atoms. The molecule has 3 heterocycles. The van der Waals surface area contributed by atoms with Gasteiger partial charge in [-0.2, -0.15) is 4.37 Å². The van der Waals surface area contributed by atoms with Gasteiger partial charge < -0.3 is 9.64 Å². The third kappa shape index (κ3) is 2.58. The van der Waals surface area contributed by atoms with Crippen LogP contribution >= 0.6 is 11.5 Å². The summed E-state index contributed by atoms with van der Waals surface area (Å²) >= 11 is 1.12. The number of likely N-dealkylation sites (tertiary alicyclic amines) is 1. The van der Waals surface area contributed by atoms with Crippen LogP contribution in [-0.4, -0.2) is 44.6 Å².